The molecular weight excluding hydrogens is 240 g/mol. The van der Waals surface area contributed by atoms with Crippen LogP contribution in [0.15, 0.2) is 11.1 Å². The van der Waals surface area contributed by atoms with Crippen LogP contribution in [0, 0.1) is 5.41 Å². The molecule has 6 nitrogen and oxygen atoms in total. The maximum atomic E-state index is 12.0. The lowest BCUT2D eigenvalue weighted by Gasteiger charge is -2.18. The van der Waals surface area contributed by atoms with Crippen molar-refractivity contribution in [2.45, 2.75) is 39.1 Å². The topological polar surface area (TPSA) is 90.0 Å². The molecule has 0 fully saturated rings. The van der Waals surface area contributed by atoms with E-state index < -0.39 is 10.0 Å². The Morgan fingerprint density at radius 2 is 2.06 bits per heavy atom. The second-order valence-electron chi connectivity index (χ2n) is 5.12. The highest BCUT2D eigenvalue weighted by Crippen LogP contribution is 2.18. The average Bonchev–Trinajstić information content (AvgIpc) is 2.57. The van der Waals surface area contributed by atoms with E-state index in [2.05, 4.69) is 9.82 Å². The van der Waals surface area contributed by atoms with Gasteiger partial charge in [0.25, 0.3) is 0 Å². The third-order valence-electron chi connectivity index (χ3n) is 2.16. The van der Waals surface area contributed by atoms with Gasteiger partial charge in [-0.05, 0) is 12.3 Å². The maximum absolute atomic E-state index is 12.0. The predicted molar refractivity (Wildman–Crippen MR) is 67.0 cm³/mol. The highest BCUT2D eigenvalue weighted by molar-refractivity contribution is 7.89. The number of sulfonamides is 1. The van der Waals surface area contributed by atoms with Gasteiger partial charge in [0.2, 0.25) is 10.0 Å². The summed E-state index contributed by atoms with van der Waals surface area (Å²) in [6.45, 7) is 8.66. The highest BCUT2D eigenvalue weighted by atomic mass is 32.2. The van der Waals surface area contributed by atoms with Crippen LogP contribution in [-0.2, 0) is 16.6 Å². The lowest BCUT2D eigenvalue weighted by Crippen LogP contribution is -2.32. The monoisotopic (exact) mass is 260 g/mol. The Bertz CT molecular complexity index is 485. The molecule has 0 aliphatic rings. The number of aryl methyl sites for hydroxylation is 1. The standard InChI is InChI=1S/C10H20N4O2S/c1-5-14-6-8(9(11)13-14)17(15,16)12-7-10(2,3)4/h6,12H,5,7H2,1-4H3,(H2,11,13). The van der Waals surface area contributed by atoms with E-state index >= 15 is 0 Å². The molecule has 0 saturated carbocycles. The van der Waals surface area contributed by atoms with Crippen molar-refractivity contribution in [3.8, 4) is 0 Å². The van der Waals surface area contributed by atoms with Gasteiger partial charge in [-0.3, -0.25) is 4.68 Å². The normalized spacial score (nSPS) is 12.9. The van der Waals surface area contributed by atoms with Crippen LogP contribution in [-0.4, -0.2) is 24.7 Å². The Hall–Kier alpha value is -1.08. The SMILES string of the molecule is CCn1cc(S(=O)(=O)NCC(C)(C)C)c(N)n1. The summed E-state index contributed by atoms with van der Waals surface area (Å²) in [4.78, 5) is 0.0450. The van der Waals surface area contributed by atoms with Crippen LogP contribution in [0.5, 0.6) is 0 Å². The number of anilines is 1. The summed E-state index contributed by atoms with van der Waals surface area (Å²) in [6.07, 6.45) is 1.44. The molecule has 0 atom stereocenters. The molecule has 1 heterocycles. The predicted octanol–water partition coefficient (Wildman–Crippen LogP) is 0.810. The summed E-state index contributed by atoms with van der Waals surface area (Å²) in [7, 11) is -3.57. The fourth-order valence-electron chi connectivity index (χ4n) is 1.18. The molecular formula is C10H20N4O2S. The number of aromatic nitrogens is 2. The third-order valence-corrected chi connectivity index (χ3v) is 3.58. The minimum absolute atomic E-state index is 0.0354. The maximum Gasteiger partial charge on any atom is 0.245 e. The summed E-state index contributed by atoms with van der Waals surface area (Å²) in [6, 6.07) is 0. The zero-order chi connectivity index (χ0) is 13.3. The van der Waals surface area contributed by atoms with Crippen molar-refractivity contribution >= 4 is 15.8 Å². The van der Waals surface area contributed by atoms with E-state index in [-0.39, 0.29) is 16.1 Å². The van der Waals surface area contributed by atoms with Crippen molar-refractivity contribution in [1.82, 2.24) is 14.5 Å². The molecule has 0 saturated heterocycles. The first kappa shape index (κ1) is 14.0. The Labute approximate surface area is 102 Å². The van der Waals surface area contributed by atoms with E-state index in [1.54, 1.807) is 0 Å². The van der Waals surface area contributed by atoms with Crippen LogP contribution in [0.2, 0.25) is 0 Å². The van der Waals surface area contributed by atoms with E-state index in [9.17, 15) is 8.42 Å². The Morgan fingerprint density at radius 3 is 2.47 bits per heavy atom. The number of nitrogens with zero attached hydrogens (tertiary/aromatic N) is 2. The molecule has 0 radical (unpaired) electrons. The van der Waals surface area contributed by atoms with Gasteiger partial charge in [-0.1, -0.05) is 20.8 Å². The first-order chi connectivity index (χ1) is 7.65. The van der Waals surface area contributed by atoms with Crippen LogP contribution >= 0.6 is 0 Å². The molecule has 0 spiro atoms. The van der Waals surface area contributed by atoms with E-state index in [1.165, 1.54) is 10.9 Å². The van der Waals surface area contributed by atoms with E-state index in [1.807, 2.05) is 27.7 Å². The fourth-order valence-corrected chi connectivity index (χ4v) is 2.53. The molecule has 1 aromatic rings. The van der Waals surface area contributed by atoms with Crippen molar-refractivity contribution in [3.63, 3.8) is 0 Å². The van der Waals surface area contributed by atoms with Crippen LogP contribution in [0.4, 0.5) is 5.82 Å². The number of nitrogens with one attached hydrogen (secondary N) is 1. The van der Waals surface area contributed by atoms with Gasteiger partial charge >= 0.3 is 0 Å². The van der Waals surface area contributed by atoms with E-state index in [0.717, 1.165) is 0 Å². The fraction of sp³-hybridized carbons (Fsp3) is 0.700. The largest absolute Gasteiger partial charge is 0.381 e. The zero-order valence-corrected chi connectivity index (χ0v) is 11.5. The van der Waals surface area contributed by atoms with Crippen molar-refractivity contribution in [2.75, 3.05) is 12.3 Å². The van der Waals surface area contributed by atoms with E-state index in [4.69, 9.17) is 5.73 Å². The third kappa shape index (κ3) is 3.71. The molecule has 0 aliphatic heterocycles. The smallest absolute Gasteiger partial charge is 0.245 e. The summed E-state index contributed by atoms with van der Waals surface area (Å²) in [5.41, 5.74) is 5.47. The molecule has 0 bridgehead atoms. The van der Waals surface area contributed by atoms with Gasteiger partial charge in [0.15, 0.2) is 5.82 Å². The van der Waals surface area contributed by atoms with Crippen LogP contribution < -0.4 is 10.5 Å². The number of nitrogen functional groups attached to an aromatic ring is 1. The Morgan fingerprint density at radius 1 is 1.47 bits per heavy atom. The van der Waals surface area contributed by atoms with Gasteiger partial charge in [0, 0.05) is 19.3 Å². The van der Waals surface area contributed by atoms with Gasteiger partial charge in [0.05, 0.1) is 0 Å². The second kappa shape index (κ2) is 4.66. The molecule has 0 amide bonds. The summed E-state index contributed by atoms with van der Waals surface area (Å²) < 4.78 is 28.0. The number of rotatable bonds is 4. The van der Waals surface area contributed by atoms with E-state index in [0.29, 0.717) is 13.1 Å². The molecule has 7 heteroatoms. The summed E-state index contributed by atoms with van der Waals surface area (Å²) in [5.74, 6) is 0.0354. The zero-order valence-electron chi connectivity index (χ0n) is 10.7. The van der Waals surface area contributed by atoms with Crippen molar-refractivity contribution in [3.05, 3.63) is 6.20 Å². The molecule has 3 N–H and O–H groups in total. The lowest BCUT2D eigenvalue weighted by atomic mass is 9.98. The molecule has 17 heavy (non-hydrogen) atoms. The van der Waals surface area contributed by atoms with Gasteiger partial charge in [-0.25, -0.2) is 13.1 Å². The van der Waals surface area contributed by atoms with Gasteiger partial charge in [-0.15, -0.1) is 0 Å². The Balaban J connectivity index is 2.93. The van der Waals surface area contributed by atoms with Crippen LogP contribution in [0.1, 0.15) is 27.7 Å². The van der Waals surface area contributed by atoms with Crippen molar-refractivity contribution < 1.29 is 8.42 Å². The lowest BCUT2D eigenvalue weighted by molar-refractivity contribution is 0.407. The van der Waals surface area contributed by atoms with Crippen molar-refractivity contribution in [1.29, 1.82) is 0 Å². The van der Waals surface area contributed by atoms with Gasteiger partial charge in [-0.2, -0.15) is 5.10 Å². The molecule has 1 aromatic heterocycles. The molecule has 98 valence electrons. The molecule has 0 aliphatic carbocycles. The van der Waals surface area contributed by atoms with Crippen LogP contribution in [0.25, 0.3) is 0 Å². The van der Waals surface area contributed by atoms with Gasteiger partial charge < -0.3 is 5.73 Å². The summed E-state index contributed by atoms with van der Waals surface area (Å²) in [5, 5.41) is 3.92. The number of nitrogens with two attached hydrogens (primary N) is 1. The summed E-state index contributed by atoms with van der Waals surface area (Å²) >= 11 is 0. The minimum atomic E-state index is -3.57. The molecule has 0 aromatic carbocycles. The average molecular weight is 260 g/mol. The van der Waals surface area contributed by atoms with Gasteiger partial charge in [0.1, 0.15) is 4.90 Å². The first-order valence-corrected chi connectivity index (χ1v) is 6.96. The number of hydrogen-bond acceptors (Lipinski definition) is 4. The second-order valence-corrected chi connectivity index (χ2v) is 6.85. The molecule has 0 unspecified atom stereocenters. The first-order valence-electron chi connectivity index (χ1n) is 5.48. The Kier molecular flexibility index (Phi) is 3.83. The highest BCUT2D eigenvalue weighted by Gasteiger charge is 2.23. The van der Waals surface area contributed by atoms with Crippen LogP contribution in [0.3, 0.4) is 0 Å². The minimum Gasteiger partial charge on any atom is -0.381 e. The number of hydrogen-bond donors (Lipinski definition) is 2. The molecule has 1 rings (SSSR count). The quantitative estimate of drug-likeness (QED) is 0.838. The van der Waals surface area contributed by atoms with Crippen molar-refractivity contribution in [2.24, 2.45) is 5.41 Å².